The van der Waals surface area contributed by atoms with E-state index in [4.69, 9.17) is 9.47 Å². The number of rotatable bonds is 5. The van der Waals surface area contributed by atoms with Gasteiger partial charge in [-0.25, -0.2) is 0 Å². The van der Waals surface area contributed by atoms with E-state index >= 15 is 0 Å². The lowest BCUT2D eigenvalue weighted by atomic mass is 10.1. The van der Waals surface area contributed by atoms with E-state index in [2.05, 4.69) is 10.1 Å². The zero-order valence-corrected chi connectivity index (χ0v) is 13.2. The van der Waals surface area contributed by atoms with Crippen LogP contribution in [0, 0.1) is 0 Å². The second-order valence-corrected chi connectivity index (χ2v) is 5.16. The average molecular weight is 364 g/mol. The van der Waals surface area contributed by atoms with E-state index in [1.54, 1.807) is 0 Å². The molecule has 0 unspecified atom stereocenters. The Hall–Kier alpha value is -3.36. The maximum Gasteiger partial charge on any atom is 0.387 e. The molecular weight excluding hydrogens is 352 g/mol. The number of carboxylic acid groups (broad SMARTS) is 1. The van der Waals surface area contributed by atoms with Gasteiger partial charge >= 0.3 is 6.61 Å². The quantitative estimate of drug-likeness (QED) is 0.867. The molecule has 0 saturated heterocycles. The third kappa shape index (κ3) is 3.66. The molecule has 0 spiro atoms. The summed E-state index contributed by atoms with van der Waals surface area (Å²) in [5.74, 6) is -2.27. The summed E-state index contributed by atoms with van der Waals surface area (Å²) >= 11 is 0. The Kier molecular flexibility index (Phi) is 4.87. The normalized spacial score (nSPS) is 12.6. The Labute approximate surface area is 146 Å². The monoisotopic (exact) mass is 364 g/mol. The fourth-order valence-electron chi connectivity index (χ4n) is 2.40. The van der Waals surface area contributed by atoms with Crippen molar-refractivity contribution in [2.75, 3.05) is 18.5 Å². The lowest BCUT2D eigenvalue weighted by molar-refractivity contribution is -0.254. The number of hydrogen-bond acceptors (Lipinski definition) is 6. The zero-order valence-electron chi connectivity index (χ0n) is 13.2. The van der Waals surface area contributed by atoms with Gasteiger partial charge < -0.3 is 29.4 Å². The number of alkyl halides is 2. The minimum atomic E-state index is -3.11. The molecule has 1 heterocycles. The molecule has 1 aliphatic rings. The van der Waals surface area contributed by atoms with Gasteiger partial charge in [0.1, 0.15) is 19.0 Å². The molecule has 1 aliphatic heterocycles. The van der Waals surface area contributed by atoms with E-state index in [-0.39, 0.29) is 47.3 Å². The molecule has 2 aromatic rings. The van der Waals surface area contributed by atoms with Crippen LogP contribution in [0.2, 0.25) is 0 Å². The van der Waals surface area contributed by atoms with Crippen molar-refractivity contribution in [1.29, 1.82) is 0 Å². The van der Waals surface area contributed by atoms with E-state index in [9.17, 15) is 23.5 Å². The summed E-state index contributed by atoms with van der Waals surface area (Å²) < 4.78 is 39.9. The van der Waals surface area contributed by atoms with Crippen LogP contribution in [0.25, 0.3) is 0 Å². The van der Waals surface area contributed by atoms with Gasteiger partial charge in [0, 0.05) is 11.6 Å². The number of amides is 1. The van der Waals surface area contributed by atoms with Crippen LogP contribution >= 0.6 is 0 Å². The number of nitrogens with one attached hydrogen (secondary N) is 1. The van der Waals surface area contributed by atoms with Crippen LogP contribution in [0.3, 0.4) is 0 Å². The summed E-state index contributed by atoms with van der Waals surface area (Å²) in [6.45, 7) is -2.60. The van der Waals surface area contributed by atoms with Crippen LogP contribution in [-0.2, 0) is 0 Å². The Morgan fingerprint density at radius 2 is 1.73 bits per heavy atom. The molecule has 26 heavy (non-hydrogen) atoms. The predicted octanol–water partition coefficient (Wildman–Crippen LogP) is 1.67. The number of anilines is 1. The van der Waals surface area contributed by atoms with E-state index in [1.165, 1.54) is 36.4 Å². The lowest BCUT2D eigenvalue weighted by Gasteiger charge is -2.22. The maximum absolute atomic E-state index is 12.5. The second kappa shape index (κ2) is 7.26. The van der Waals surface area contributed by atoms with E-state index in [0.717, 1.165) is 0 Å². The molecule has 2 aromatic carbocycles. The number of fused-ring (bicyclic) bond motifs is 1. The number of carbonyl (C=O) groups is 2. The molecule has 0 fully saturated rings. The van der Waals surface area contributed by atoms with Crippen LogP contribution in [0.1, 0.15) is 20.7 Å². The van der Waals surface area contributed by atoms with Gasteiger partial charge in [0.05, 0.1) is 17.2 Å². The largest absolute Gasteiger partial charge is 0.545 e. The van der Waals surface area contributed by atoms with Crippen molar-refractivity contribution >= 4 is 17.6 Å². The van der Waals surface area contributed by atoms with Crippen LogP contribution in [0.15, 0.2) is 36.4 Å². The molecule has 0 aromatic heterocycles. The zero-order chi connectivity index (χ0) is 18.7. The summed E-state index contributed by atoms with van der Waals surface area (Å²) in [6.07, 6.45) is 0. The molecule has 0 aliphatic carbocycles. The Morgan fingerprint density at radius 1 is 1.08 bits per heavy atom. The highest BCUT2D eigenvalue weighted by Gasteiger charge is 2.20. The smallest absolute Gasteiger partial charge is 0.387 e. The second-order valence-electron chi connectivity index (χ2n) is 5.16. The molecule has 136 valence electrons. The van der Waals surface area contributed by atoms with Gasteiger partial charge in [0.2, 0.25) is 0 Å². The van der Waals surface area contributed by atoms with Crippen molar-refractivity contribution in [3.05, 3.63) is 47.5 Å². The Morgan fingerprint density at radius 3 is 2.38 bits per heavy atom. The molecule has 9 heteroatoms. The summed E-state index contributed by atoms with van der Waals surface area (Å²) in [5.41, 5.74) is -0.645. The summed E-state index contributed by atoms with van der Waals surface area (Å²) in [6, 6.07) is 7.78. The van der Waals surface area contributed by atoms with Gasteiger partial charge in [-0.05, 0) is 18.2 Å². The molecule has 0 atom stereocenters. The first-order valence-electron chi connectivity index (χ1n) is 7.46. The SMILES string of the molecule is O=C([O-])c1cc2c(cc1NC(=O)c1ccccc1OC(F)F)OCCO2. The number of carbonyl (C=O) groups excluding carboxylic acids is 2. The maximum atomic E-state index is 12.5. The number of carboxylic acids is 1. The molecule has 0 bridgehead atoms. The van der Waals surface area contributed by atoms with Crippen LogP contribution in [0.5, 0.6) is 17.2 Å². The third-order valence-electron chi connectivity index (χ3n) is 3.50. The van der Waals surface area contributed by atoms with Crippen molar-refractivity contribution < 1.29 is 37.7 Å². The van der Waals surface area contributed by atoms with E-state index in [1.807, 2.05) is 0 Å². The number of ether oxygens (including phenoxy) is 3. The molecule has 1 amide bonds. The molecule has 7 nitrogen and oxygen atoms in total. The number of benzene rings is 2. The standard InChI is InChI=1S/C17H13F2NO6/c18-17(19)26-12-4-2-1-3-9(12)15(21)20-11-8-14-13(24-5-6-25-14)7-10(11)16(22)23/h1-4,7-8,17H,5-6H2,(H,20,21)(H,22,23)/p-1. The third-order valence-corrected chi connectivity index (χ3v) is 3.50. The molecule has 0 radical (unpaired) electrons. The van der Waals surface area contributed by atoms with Crippen LogP contribution < -0.4 is 24.6 Å². The molecule has 3 rings (SSSR count). The highest BCUT2D eigenvalue weighted by molar-refractivity contribution is 6.09. The number of hydrogen-bond donors (Lipinski definition) is 1. The Balaban J connectivity index is 1.93. The first-order valence-corrected chi connectivity index (χ1v) is 7.46. The molecule has 1 N–H and O–H groups in total. The van der Waals surface area contributed by atoms with Gasteiger partial charge in [-0.1, -0.05) is 12.1 Å². The minimum absolute atomic E-state index is 0.119. The van der Waals surface area contributed by atoms with Gasteiger partial charge in [-0.2, -0.15) is 8.78 Å². The first-order chi connectivity index (χ1) is 12.5. The van der Waals surface area contributed by atoms with Crippen molar-refractivity contribution in [3.8, 4) is 17.2 Å². The van der Waals surface area contributed by atoms with E-state index in [0.29, 0.717) is 0 Å². The van der Waals surface area contributed by atoms with Crippen molar-refractivity contribution in [3.63, 3.8) is 0 Å². The van der Waals surface area contributed by atoms with Gasteiger partial charge in [0.15, 0.2) is 11.5 Å². The fourth-order valence-corrected chi connectivity index (χ4v) is 2.40. The van der Waals surface area contributed by atoms with Crippen molar-refractivity contribution in [2.24, 2.45) is 0 Å². The first kappa shape index (κ1) is 17.5. The summed E-state index contributed by atoms with van der Waals surface area (Å²) in [4.78, 5) is 23.8. The highest BCUT2D eigenvalue weighted by Crippen LogP contribution is 2.36. The lowest BCUT2D eigenvalue weighted by Crippen LogP contribution is -2.26. The fraction of sp³-hybridized carbons (Fsp3) is 0.176. The number of para-hydroxylation sites is 1. The minimum Gasteiger partial charge on any atom is -0.545 e. The van der Waals surface area contributed by atoms with Crippen LogP contribution in [-0.4, -0.2) is 31.7 Å². The number of aromatic carboxylic acids is 1. The topological polar surface area (TPSA) is 96.9 Å². The molecular formula is C17H12F2NO6-. The molecule has 0 saturated carbocycles. The van der Waals surface area contributed by atoms with E-state index < -0.39 is 18.5 Å². The predicted molar refractivity (Wildman–Crippen MR) is 82.8 cm³/mol. The van der Waals surface area contributed by atoms with Gasteiger partial charge in [-0.3, -0.25) is 4.79 Å². The summed E-state index contributed by atoms with van der Waals surface area (Å²) in [7, 11) is 0. The van der Waals surface area contributed by atoms with Crippen LogP contribution in [0.4, 0.5) is 14.5 Å². The summed E-state index contributed by atoms with van der Waals surface area (Å²) in [5, 5.41) is 13.7. The average Bonchev–Trinajstić information content (AvgIpc) is 2.60. The van der Waals surface area contributed by atoms with Crippen molar-refractivity contribution in [2.45, 2.75) is 6.61 Å². The number of halogens is 2. The highest BCUT2D eigenvalue weighted by atomic mass is 19.3. The van der Waals surface area contributed by atoms with Crippen molar-refractivity contribution in [1.82, 2.24) is 0 Å². The van der Waals surface area contributed by atoms with Gasteiger partial charge in [-0.15, -0.1) is 0 Å². The Bertz CT molecular complexity index is 855. The van der Waals surface area contributed by atoms with Gasteiger partial charge in [0.25, 0.3) is 5.91 Å².